The van der Waals surface area contributed by atoms with Crippen molar-refractivity contribution in [1.29, 1.82) is 0 Å². The molecule has 3 aromatic heterocycles. The van der Waals surface area contributed by atoms with Crippen LogP contribution in [0.25, 0.3) is 28.2 Å². The minimum atomic E-state index is 0.280. The van der Waals surface area contributed by atoms with Crippen LogP contribution in [0.3, 0.4) is 0 Å². The van der Waals surface area contributed by atoms with Crippen LogP contribution in [0.5, 0.6) is 5.75 Å². The van der Waals surface area contributed by atoms with Gasteiger partial charge < -0.3 is 4.74 Å². The molecule has 4 rings (SSSR count). The van der Waals surface area contributed by atoms with Crippen molar-refractivity contribution in [2.45, 2.75) is 52.6 Å². The Morgan fingerprint density at radius 3 is 2.38 bits per heavy atom. The second-order valence-electron chi connectivity index (χ2n) is 8.90. The molecule has 0 spiro atoms. The van der Waals surface area contributed by atoms with Gasteiger partial charge in [-0.25, -0.2) is 9.50 Å². The largest absolute Gasteiger partial charge is 0.493 e. The van der Waals surface area contributed by atoms with Crippen LogP contribution in [-0.2, 0) is 0 Å². The highest BCUT2D eigenvalue weighted by Gasteiger charge is 2.21. The molecule has 1 N–H and O–H groups in total. The first-order valence-electron chi connectivity index (χ1n) is 11.1. The van der Waals surface area contributed by atoms with E-state index >= 15 is 0 Å². The number of fused-ring (bicyclic) bond motifs is 1. The van der Waals surface area contributed by atoms with Gasteiger partial charge in [-0.05, 0) is 45.4 Å². The van der Waals surface area contributed by atoms with Gasteiger partial charge in [-0.3, -0.25) is 10.00 Å². The van der Waals surface area contributed by atoms with Gasteiger partial charge in [0.05, 0.1) is 18.5 Å². The lowest BCUT2D eigenvalue weighted by atomic mass is 9.93. The first-order valence-corrected chi connectivity index (χ1v) is 11.1. The number of aromatic nitrogens is 5. The third kappa shape index (κ3) is 3.88. The Morgan fingerprint density at radius 2 is 1.75 bits per heavy atom. The van der Waals surface area contributed by atoms with Crippen LogP contribution < -0.4 is 4.74 Å². The number of hydrogen-bond donors (Lipinski definition) is 1. The summed E-state index contributed by atoms with van der Waals surface area (Å²) in [6.07, 6.45) is 3.49. The molecule has 7 heteroatoms. The SMILES string of the molecule is COc1cc(-c2[nH]nc(-c3ccc([C@H](C)N(C)C(C)C)cc3)c2C(C)C)cn2ncnc12. The molecule has 4 aromatic rings. The van der Waals surface area contributed by atoms with Gasteiger partial charge in [-0.2, -0.15) is 10.2 Å². The Kier molecular flexibility index (Phi) is 6.02. The summed E-state index contributed by atoms with van der Waals surface area (Å²) in [4.78, 5) is 6.65. The molecule has 0 aliphatic carbocycles. The molecule has 0 fully saturated rings. The molecule has 3 heterocycles. The van der Waals surface area contributed by atoms with E-state index in [2.05, 4.69) is 86.0 Å². The van der Waals surface area contributed by atoms with E-state index in [0.29, 0.717) is 23.5 Å². The fourth-order valence-corrected chi connectivity index (χ4v) is 4.14. The third-order valence-corrected chi connectivity index (χ3v) is 6.32. The van der Waals surface area contributed by atoms with E-state index in [4.69, 9.17) is 9.84 Å². The Balaban J connectivity index is 1.75. The number of hydrogen-bond acceptors (Lipinski definition) is 5. The second-order valence-corrected chi connectivity index (χ2v) is 8.90. The van der Waals surface area contributed by atoms with E-state index in [1.807, 2.05) is 12.3 Å². The summed E-state index contributed by atoms with van der Waals surface area (Å²) in [5, 5.41) is 12.3. The smallest absolute Gasteiger partial charge is 0.197 e. The van der Waals surface area contributed by atoms with Crippen molar-refractivity contribution < 1.29 is 4.74 Å². The molecule has 0 aliphatic heterocycles. The van der Waals surface area contributed by atoms with Crippen molar-refractivity contribution in [3.8, 4) is 28.3 Å². The lowest BCUT2D eigenvalue weighted by molar-refractivity contribution is 0.210. The highest BCUT2D eigenvalue weighted by molar-refractivity contribution is 5.76. The van der Waals surface area contributed by atoms with E-state index in [1.54, 1.807) is 11.6 Å². The fraction of sp³-hybridized carbons (Fsp3) is 0.400. The number of rotatable bonds is 7. The van der Waals surface area contributed by atoms with Gasteiger partial charge in [0.15, 0.2) is 11.4 Å². The minimum absolute atomic E-state index is 0.280. The van der Waals surface area contributed by atoms with Crippen molar-refractivity contribution in [1.82, 2.24) is 29.7 Å². The number of nitrogens with zero attached hydrogens (tertiary/aromatic N) is 5. The summed E-state index contributed by atoms with van der Waals surface area (Å²) in [6.45, 7) is 11.1. The molecule has 0 saturated heterocycles. The minimum Gasteiger partial charge on any atom is -0.493 e. The molecular formula is C25H32N6O. The van der Waals surface area contributed by atoms with Gasteiger partial charge in [0.1, 0.15) is 6.33 Å². The van der Waals surface area contributed by atoms with Crippen molar-refractivity contribution in [3.05, 3.63) is 54.0 Å². The molecule has 0 bridgehead atoms. The Morgan fingerprint density at radius 1 is 1.03 bits per heavy atom. The lowest BCUT2D eigenvalue weighted by Gasteiger charge is -2.28. The summed E-state index contributed by atoms with van der Waals surface area (Å²) < 4.78 is 7.29. The van der Waals surface area contributed by atoms with Crippen LogP contribution in [0, 0.1) is 0 Å². The quantitative estimate of drug-likeness (QED) is 0.428. The highest BCUT2D eigenvalue weighted by Crippen LogP contribution is 2.37. The molecule has 0 unspecified atom stereocenters. The van der Waals surface area contributed by atoms with Gasteiger partial charge >= 0.3 is 0 Å². The van der Waals surface area contributed by atoms with Crippen LogP contribution in [0.15, 0.2) is 42.9 Å². The molecule has 1 atom stereocenters. The molecule has 0 saturated carbocycles. The first kappa shape index (κ1) is 22.0. The average Bonchev–Trinajstić information content (AvgIpc) is 3.44. The Labute approximate surface area is 189 Å². The monoisotopic (exact) mass is 432 g/mol. The molecule has 0 amide bonds. The summed E-state index contributed by atoms with van der Waals surface area (Å²) >= 11 is 0. The number of ether oxygens (including phenoxy) is 1. The summed E-state index contributed by atoms with van der Waals surface area (Å²) in [5.41, 5.74) is 7.18. The third-order valence-electron chi connectivity index (χ3n) is 6.32. The number of nitrogens with one attached hydrogen (secondary N) is 1. The molecular weight excluding hydrogens is 400 g/mol. The fourth-order valence-electron chi connectivity index (χ4n) is 4.14. The number of benzene rings is 1. The zero-order valence-corrected chi connectivity index (χ0v) is 19.9. The van der Waals surface area contributed by atoms with E-state index in [9.17, 15) is 0 Å². The van der Waals surface area contributed by atoms with Gasteiger partial charge in [0, 0.05) is 35.0 Å². The number of methoxy groups -OCH3 is 1. The van der Waals surface area contributed by atoms with Gasteiger partial charge in [0.2, 0.25) is 0 Å². The normalized spacial score (nSPS) is 12.9. The van der Waals surface area contributed by atoms with E-state index in [1.165, 1.54) is 17.5 Å². The topological polar surface area (TPSA) is 71.3 Å². The maximum absolute atomic E-state index is 5.55. The highest BCUT2D eigenvalue weighted by atomic mass is 16.5. The predicted molar refractivity (Wildman–Crippen MR) is 128 cm³/mol. The lowest BCUT2D eigenvalue weighted by Crippen LogP contribution is -2.29. The number of pyridine rings is 1. The maximum atomic E-state index is 5.55. The van der Waals surface area contributed by atoms with E-state index < -0.39 is 0 Å². The predicted octanol–water partition coefficient (Wildman–Crippen LogP) is 5.32. The van der Waals surface area contributed by atoms with Crippen LogP contribution >= 0.6 is 0 Å². The van der Waals surface area contributed by atoms with Crippen LogP contribution in [0.2, 0.25) is 0 Å². The zero-order chi connectivity index (χ0) is 23.0. The summed E-state index contributed by atoms with van der Waals surface area (Å²) in [5.74, 6) is 0.959. The average molecular weight is 433 g/mol. The van der Waals surface area contributed by atoms with Gasteiger partial charge in [-0.1, -0.05) is 38.1 Å². The van der Waals surface area contributed by atoms with Gasteiger partial charge in [-0.15, -0.1) is 0 Å². The summed E-state index contributed by atoms with van der Waals surface area (Å²) in [7, 11) is 3.81. The summed E-state index contributed by atoms with van der Waals surface area (Å²) in [6, 6.07) is 11.6. The standard InChI is InChI=1S/C25H32N6O/c1-15(2)22-23(19-10-8-18(9-11-19)17(5)30(6)16(3)4)28-29-24(22)20-12-21(32-7)25-26-14-27-31(25)13-20/h8-17H,1-7H3,(H,28,29)/t17-/m0/s1. The molecule has 32 heavy (non-hydrogen) atoms. The zero-order valence-electron chi connectivity index (χ0n) is 19.9. The van der Waals surface area contributed by atoms with Gasteiger partial charge in [0.25, 0.3) is 0 Å². The van der Waals surface area contributed by atoms with Crippen LogP contribution in [-0.4, -0.2) is 49.9 Å². The molecule has 168 valence electrons. The second kappa shape index (κ2) is 8.74. The van der Waals surface area contributed by atoms with Crippen LogP contribution in [0.4, 0.5) is 0 Å². The molecule has 1 aromatic carbocycles. The first-order chi connectivity index (χ1) is 15.3. The Hall–Kier alpha value is -3.19. The molecule has 0 radical (unpaired) electrons. The van der Waals surface area contributed by atoms with Crippen molar-refractivity contribution in [2.75, 3.05) is 14.2 Å². The Bertz CT molecular complexity index is 1210. The van der Waals surface area contributed by atoms with Crippen molar-refractivity contribution in [2.24, 2.45) is 0 Å². The number of aromatic amines is 1. The molecule has 0 aliphatic rings. The van der Waals surface area contributed by atoms with Crippen LogP contribution in [0.1, 0.15) is 57.7 Å². The molecule has 7 nitrogen and oxygen atoms in total. The number of H-pyrrole nitrogens is 1. The van der Waals surface area contributed by atoms with E-state index in [0.717, 1.165) is 22.5 Å². The van der Waals surface area contributed by atoms with E-state index in [-0.39, 0.29) is 5.92 Å². The van der Waals surface area contributed by atoms with Crippen molar-refractivity contribution >= 4 is 5.65 Å². The van der Waals surface area contributed by atoms with Crippen molar-refractivity contribution in [3.63, 3.8) is 0 Å². The maximum Gasteiger partial charge on any atom is 0.197 e.